The minimum Gasteiger partial charge on any atom is -0.303 e. The zero-order valence-corrected chi connectivity index (χ0v) is 10.4. The first kappa shape index (κ1) is 13.4. The monoisotopic (exact) mass is 196 g/mol. The summed E-state index contributed by atoms with van der Waals surface area (Å²) in [4.78, 5) is 10.7. The van der Waals surface area contributed by atoms with E-state index in [4.69, 9.17) is 0 Å². The molecule has 0 bridgehead atoms. The SMILES string of the molecule is CC(C)=CC(C)C(C)C(C)C(C)C=O. The van der Waals surface area contributed by atoms with Crippen LogP contribution in [0.15, 0.2) is 11.6 Å². The normalized spacial score (nSPS) is 19.3. The molecule has 1 heteroatoms. The van der Waals surface area contributed by atoms with Crippen LogP contribution in [-0.2, 0) is 4.79 Å². The summed E-state index contributed by atoms with van der Waals surface area (Å²) in [5, 5.41) is 0. The molecule has 82 valence electrons. The molecule has 0 amide bonds. The predicted molar refractivity (Wildman–Crippen MR) is 62.2 cm³/mol. The maximum Gasteiger partial charge on any atom is 0.123 e. The zero-order valence-electron chi connectivity index (χ0n) is 10.4. The van der Waals surface area contributed by atoms with Crippen LogP contribution in [0, 0.1) is 23.7 Å². The standard InChI is InChI=1S/C13H24O/c1-9(2)7-10(3)12(5)13(6)11(4)8-14/h7-8,10-13H,1-6H3. The van der Waals surface area contributed by atoms with Crippen LogP contribution in [0.4, 0.5) is 0 Å². The quantitative estimate of drug-likeness (QED) is 0.484. The summed E-state index contributed by atoms with van der Waals surface area (Å²) in [6, 6.07) is 0. The third-order valence-electron chi connectivity index (χ3n) is 3.30. The van der Waals surface area contributed by atoms with Crippen LogP contribution >= 0.6 is 0 Å². The van der Waals surface area contributed by atoms with Crippen molar-refractivity contribution >= 4 is 6.29 Å². The van der Waals surface area contributed by atoms with Crippen molar-refractivity contribution in [1.29, 1.82) is 0 Å². The van der Waals surface area contributed by atoms with Gasteiger partial charge in [-0.2, -0.15) is 0 Å². The predicted octanol–water partition coefficient (Wildman–Crippen LogP) is 3.70. The van der Waals surface area contributed by atoms with Crippen LogP contribution in [0.1, 0.15) is 41.5 Å². The van der Waals surface area contributed by atoms with Crippen molar-refractivity contribution in [1.82, 2.24) is 0 Å². The van der Waals surface area contributed by atoms with Crippen LogP contribution < -0.4 is 0 Å². The molecule has 0 saturated carbocycles. The average molecular weight is 196 g/mol. The summed E-state index contributed by atoms with van der Waals surface area (Å²) < 4.78 is 0. The summed E-state index contributed by atoms with van der Waals surface area (Å²) in [7, 11) is 0. The van der Waals surface area contributed by atoms with Gasteiger partial charge in [0.15, 0.2) is 0 Å². The number of hydrogen-bond donors (Lipinski definition) is 0. The lowest BCUT2D eigenvalue weighted by Crippen LogP contribution is -2.22. The Hall–Kier alpha value is -0.590. The Balaban J connectivity index is 4.37. The van der Waals surface area contributed by atoms with Gasteiger partial charge in [-0.05, 0) is 31.6 Å². The highest BCUT2D eigenvalue weighted by molar-refractivity contribution is 5.53. The van der Waals surface area contributed by atoms with Gasteiger partial charge in [-0.3, -0.25) is 0 Å². The van der Waals surface area contributed by atoms with Gasteiger partial charge in [-0.15, -0.1) is 0 Å². The summed E-state index contributed by atoms with van der Waals surface area (Å²) in [6.45, 7) is 12.9. The number of carbonyl (C=O) groups excluding carboxylic acids is 1. The van der Waals surface area contributed by atoms with Crippen molar-refractivity contribution in [3.63, 3.8) is 0 Å². The smallest absolute Gasteiger partial charge is 0.123 e. The first-order valence-corrected chi connectivity index (χ1v) is 5.50. The fourth-order valence-electron chi connectivity index (χ4n) is 1.76. The third kappa shape index (κ3) is 4.08. The van der Waals surface area contributed by atoms with E-state index < -0.39 is 0 Å². The highest BCUT2D eigenvalue weighted by Crippen LogP contribution is 2.27. The molecule has 1 nitrogen and oxygen atoms in total. The maximum absolute atomic E-state index is 10.7. The minimum absolute atomic E-state index is 0.165. The lowest BCUT2D eigenvalue weighted by molar-refractivity contribution is -0.112. The van der Waals surface area contributed by atoms with Crippen molar-refractivity contribution in [2.45, 2.75) is 41.5 Å². The molecule has 0 heterocycles. The Morgan fingerprint density at radius 1 is 0.929 bits per heavy atom. The van der Waals surface area contributed by atoms with E-state index in [-0.39, 0.29) is 5.92 Å². The van der Waals surface area contributed by atoms with Crippen LogP contribution in [0.25, 0.3) is 0 Å². The van der Waals surface area contributed by atoms with Crippen LogP contribution in [0.5, 0.6) is 0 Å². The fourth-order valence-corrected chi connectivity index (χ4v) is 1.76. The summed E-state index contributed by atoms with van der Waals surface area (Å²) in [6.07, 6.45) is 3.36. The van der Waals surface area contributed by atoms with Gasteiger partial charge in [0, 0.05) is 5.92 Å². The molecule has 0 aromatic heterocycles. The van der Waals surface area contributed by atoms with Crippen molar-refractivity contribution in [2.24, 2.45) is 23.7 Å². The second-order valence-corrected chi connectivity index (χ2v) is 4.82. The molecule has 0 aliphatic rings. The molecule has 0 fully saturated rings. The molecule has 0 rings (SSSR count). The van der Waals surface area contributed by atoms with Crippen LogP contribution in [0.2, 0.25) is 0 Å². The number of rotatable bonds is 5. The first-order valence-electron chi connectivity index (χ1n) is 5.50. The van der Waals surface area contributed by atoms with E-state index in [0.29, 0.717) is 17.8 Å². The van der Waals surface area contributed by atoms with Crippen LogP contribution in [-0.4, -0.2) is 6.29 Å². The van der Waals surface area contributed by atoms with Gasteiger partial charge in [0.25, 0.3) is 0 Å². The molecular formula is C13H24O. The number of allylic oxidation sites excluding steroid dienone is 2. The molecule has 0 spiro atoms. The molecule has 14 heavy (non-hydrogen) atoms. The Morgan fingerprint density at radius 2 is 1.36 bits per heavy atom. The molecule has 0 aliphatic heterocycles. The summed E-state index contributed by atoms with van der Waals surface area (Å²) in [5.41, 5.74) is 1.36. The Kier molecular flexibility index (Phi) is 5.75. The molecule has 0 aromatic rings. The molecule has 4 atom stereocenters. The van der Waals surface area contributed by atoms with Crippen molar-refractivity contribution in [3.05, 3.63) is 11.6 Å². The van der Waals surface area contributed by atoms with E-state index in [1.54, 1.807) is 0 Å². The Labute approximate surface area is 88.6 Å². The highest BCUT2D eigenvalue weighted by Gasteiger charge is 2.22. The fraction of sp³-hybridized carbons (Fsp3) is 0.769. The van der Waals surface area contributed by atoms with Gasteiger partial charge in [0.05, 0.1) is 0 Å². The van der Waals surface area contributed by atoms with Crippen LogP contribution in [0.3, 0.4) is 0 Å². The maximum atomic E-state index is 10.7. The summed E-state index contributed by atoms with van der Waals surface area (Å²) >= 11 is 0. The van der Waals surface area contributed by atoms with Gasteiger partial charge in [-0.25, -0.2) is 0 Å². The van der Waals surface area contributed by atoms with E-state index in [1.807, 2.05) is 6.92 Å². The Morgan fingerprint density at radius 3 is 1.71 bits per heavy atom. The molecule has 0 saturated heterocycles. The van der Waals surface area contributed by atoms with Crippen molar-refractivity contribution in [3.8, 4) is 0 Å². The van der Waals surface area contributed by atoms with Gasteiger partial charge in [-0.1, -0.05) is 39.3 Å². The van der Waals surface area contributed by atoms with Crippen molar-refractivity contribution < 1.29 is 4.79 Å². The highest BCUT2D eigenvalue weighted by atomic mass is 16.1. The zero-order chi connectivity index (χ0) is 11.3. The van der Waals surface area contributed by atoms with Gasteiger partial charge in [0.2, 0.25) is 0 Å². The second kappa shape index (κ2) is 6.00. The van der Waals surface area contributed by atoms with E-state index in [2.05, 4.69) is 40.7 Å². The topological polar surface area (TPSA) is 17.1 Å². The molecule has 0 aliphatic carbocycles. The number of hydrogen-bond acceptors (Lipinski definition) is 1. The molecule has 4 unspecified atom stereocenters. The minimum atomic E-state index is 0.165. The van der Waals surface area contributed by atoms with E-state index in [0.717, 1.165) is 6.29 Å². The summed E-state index contributed by atoms with van der Waals surface area (Å²) in [5.74, 6) is 1.73. The molecule has 0 radical (unpaired) electrons. The number of carbonyl (C=O) groups is 1. The number of aldehydes is 1. The van der Waals surface area contributed by atoms with E-state index >= 15 is 0 Å². The van der Waals surface area contributed by atoms with Gasteiger partial charge in [0.1, 0.15) is 6.29 Å². The van der Waals surface area contributed by atoms with Gasteiger partial charge < -0.3 is 4.79 Å². The Bertz CT molecular complexity index is 201. The van der Waals surface area contributed by atoms with E-state index in [1.165, 1.54) is 5.57 Å². The average Bonchev–Trinajstić information content (AvgIpc) is 2.13. The molecular weight excluding hydrogens is 172 g/mol. The lowest BCUT2D eigenvalue weighted by Gasteiger charge is -2.26. The lowest BCUT2D eigenvalue weighted by atomic mass is 9.78. The van der Waals surface area contributed by atoms with E-state index in [9.17, 15) is 4.79 Å². The molecule has 0 N–H and O–H groups in total. The first-order chi connectivity index (χ1) is 6.40. The largest absolute Gasteiger partial charge is 0.303 e. The second-order valence-electron chi connectivity index (χ2n) is 4.82. The van der Waals surface area contributed by atoms with Crippen molar-refractivity contribution in [2.75, 3.05) is 0 Å². The van der Waals surface area contributed by atoms with Gasteiger partial charge >= 0.3 is 0 Å². The third-order valence-corrected chi connectivity index (χ3v) is 3.30. The molecule has 0 aromatic carbocycles.